The van der Waals surface area contributed by atoms with Gasteiger partial charge in [-0.2, -0.15) is 0 Å². The number of piperazine rings is 1. The molecule has 1 aliphatic heterocycles. The summed E-state index contributed by atoms with van der Waals surface area (Å²) in [6.07, 6.45) is 2.61. The maximum Gasteiger partial charge on any atom is 0.410 e. The van der Waals surface area contributed by atoms with Gasteiger partial charge in [0.2, 0.25) is 0 Å². The number of rotatable bonds is 6. The summed E-state index contributed by atoms with van der Waals surface area (Å²) in [5.41, 5.74) is 13.7. The van der Waals surface area contributed by atoms with Gasteiger partial charge in [0, 0.05) is 70.9 Å². The zero-order valence-electron chi connectivity index (χ0n) is 23.2. The number of methoxy groups -OCH3 is 1. The molecule has 0 radical (unpaired) electrons. The number of halogens is 1. The molecule has 2 amide bonds. The number of nitrogens with zero attached hydrogens (tertiary/aromatic N) is 4. The van der Waals surface area contributed by atoms with E-state index >= 15 is 0 Å². The quantitative estimate of drug-likeness (QED) is 0.372. The number of amides is 2. The van der Waals surface area contributed by atoms with Gasteiger partial charge in [-0.15, -0.1) is 0 Å². The Kier molecular flexibility index (Phi) is 9.00. The Morgan fingerprint density at radius 3 is 2.28 bits per heavy atom. The molecule has 1 aliphatic rings. The highest BCUT2D eigenvalue weighted by Gasteiger charge is 2.28. The van der Waals surface area contributed by atoms with Gasteiger partial charge in [-0.25, -0.2) is 9.18 Å². The van der Waals surface area contributed by atoms with E-state index in [1.165, 1.54) is 26.4 Å². The number of hydrogen-bond acceptors (Lipinski definition) is 9. The van der Waals surface area contributed by atoms with E-state index in [0.717, 1.165) is 5.69 Å². The summed E-state index contributed by atoms with van der Waals surface area (Å²) in [5.74, 6) is -1.58. The summed E-state index contributed by atoms with van der Waals surface area (Å²) in [5, 5.41) is 2.67. The lowest BCUT2D eigenvalue weighted by Crippen LogP contribution is -2.50. The molecule has 0 aromatic heterocycles. The van der Waals surface area contributed by atoms with Crippen molar-refractivity contribution in [1.82, 2.24) is 4.90 Å². The van der Waals surface area contributed by atoms with Crippen LogP contribution in [0.3, 0.4) is 0 Å². The first-order valence-corrected chi connectivity index (χ1v) is 12.4. The molecule has 1 fully saturated rings. The number of carbonyl (C=O) groups is 2. The van der Waals surface area contributed by atoms with Gasteiger partial charge in [0.15, 0.2) is 11.6 Å². The number of hydrogen-bond donors (Lipinski definition) is 3. The van der Waals surface area contributed by atoms with Gasteiger partial charge >= 0.3 is 6.09 Å². The maximum absolute atomic E-state index is 14.8. The number of nitrogen functional groups attached to an aromatic ring is 2. The molecule has 2 aromatic rings. The van der Waals surface area contributed by atoms with E-state index in [4.69, 9.17) is 20.9 Å². The van der Waals surface area contributed by atoms with Crippen LogP contribution in [0.5, 0.6) is 5.75 Å². The fraction of sp³-hybridized carbons (Fsp3) is 0.407. The van der Waals surface area contributed by atoms with Gasteiger partial charge in [-0.3, -0.25) is 14.8 Å². The largest absolute Gasteiger partial charge is 0.492 e. The van der Waals surface area contributed by atoms with Crippen molar-refractivity contribution in [2.75, 3.05) is 69.1 Å². The minimum atomic E-state index is -0.808. The van der Waals surface area contributed by atoms with Crippen LogP contribution in [0.25, 0.3) is 0 Å². The molecule has 1 saturated heterocycles. The second-order valence-electron chi connectivity index (χ2n) is 9.92. The van der Waals surface area contributed by atoms with Crippen molar-refractivity contribution >= 4 is 47.2 Å². The van der Waals surface area contributed by atoms with E-state index < -0.39 is 17.3 Å². The minimum absolute atomic E-state index is 0. The molecular formula is C27H38FN7O4. The normalized spacial score (nSPS) is 14.2. The van der Waals surface area contributed by atoms with E-state index in [1.54, 1.807) is 30.3 Å². The number of aliphatic imine (C=N–C) groups is 2. The Labute approximate surface area is 229 Å². The van der Waals surface area contributed by atoms with Crippen LogP contribution in [-0.2, 0) is 4.74 Å². The zero-order valence-corrected chi connectivity index (χ0v) is 23.2. The number of anilines is 4. The second kappa shape index (κ2) is 12.0. The van der Waals surface area contributed by atoms with Crippen molar-refractivity contribution in [3.8, 4) is 5.75 Å². The summed E-state index contributed by atoms with van der Waals surface area (Å²) in [6.45, 7) is 7.50. The first kappa shape index (κ1) is 29.2. The molecule has 0 atom stereocenters. The summed E-state index contributed by atoms with van der Waals surface area (Å²) in [6, 6.07) is 4.86. The fourth-order valence-corrected chi connectivity index (χ4v) is 4.21. The van der Waals surface area contributed by atoms with Crippen molar-refractivity contribution in [3.63, 3.8) is 0 Å². The molecule has 1 heterocycles. The van der Waals surface area contributed by atoms with Crippen molar-refractivity contribution in [2.24, 2.45) is 9.98 Å². The Balaban J connectivity index is 0.00000560. The first-order valence-electron chi connectivity index (χ1n) is 12.4. The SMILES string of the molecule is CN=Cc1cc(NC(=O)c2ccc(N3CCN(C(=O)OC(C)(C)C)CC3)c(C=NC)c2N)c(OC)c(F)c1N.[HH]. The lowest BCUT2D eigenvalue weighted by molar-refractivity contribution is 0.0240. The number of benzene rings is 2. The molecule has 0 bridgehead atoms. The summed E-state index contributed by atoms with van der Waals surface area (Å²) in [7, 11) is 4.41. The predicted octanol–water partition coefficient (Wildman–Crippen LogP) is 3.65. The van der Waals surface area contributed by atoms with Gasteiger partial charge in [0.25, 0.3) is 5.91 Å². The van der Waals surface area contributed by atoms with E-state index in [0.29, 0.717) is 37.3 Å². The Bertz CT molecular complexity index is 1300. The molecular weight excluding hydrogens is 505 g/mol. The van der Waals surface area contributed by atoms with Gasteiger partial charge in [-0.1, -0.05) is 0 Å². The number of carbonyl (C=O) groups excluding carboxylic acids is 2. The lowest BCUT2D eigenvalue weighted by Gasteiger charge is -2.37. The summed E-state index contributed by atoms with van der Waals surface area (Å²) < 4.78 is 25.5. The monoisotopic (exact) mass is 543 g/mol. The van der Waals surface area contributed by atoms with E-state index in [2.05, 4.69) is 20.2 Å². The molecule has 2 aromatic carbocycles. The number of nitrogens with one attached hydrogen (secondary N) is 1. The third-order valence-electron chi connectivity index (χ3n) is 6.05. The van der Waals surface area contributed by atoms with Crippen LogP contribution in [-0.4, -0.2) is 82.3 Å². The van der Waals surface area contributed by atoms with E-state index in [9.17, 15) is 14.0 Å². The molecule has 3 rings (SSSR count). The molecule has 0 saturated carbocycles. The Morgan fingerprint density at radius 2 is 1.72 bits per heavy atom. The smallest absolute Gasteiger partial charge is 0.410 e. The van der Waals surface area contributed by atoms with Crippen LogP contribution in [0.2, 0.25) is 0 Å². The third-order valence-corrected chi connectivity index (χ3v) is 6.05. The van der Waals surface area contributed by atoms with Crippen LogP contribution < -0.4 is 26.4 Å². The average molecular weight is 544 g/mol. The summed E-state index contributed by atoms with van der Waals surface area (Å²) >= 11 is 0. The van der Waals surface area contributed by atoms with Gasteiger partial charge in [0.1, 0.15) is 5.60 Å². The molecule has 0 unspecified atom stereocenters. The first-order chi connectivity index (χ1) is 18.4. The van der Waals surface area contributed by atoms with Crippen LogP contribution in [0, 0.1) is 5.82 Å². The molecule has 212 valence electrons. The van der Waals surface area contributed by atoms with E-state index in [1.807, 2.05) is 20.8 Å². The number of nitrogens with two attached hydrogens (primary N) is 2. The lowest BCUT2D eigenvalue weighted by atomic mass is 10.0. The minimum Gasteiger partial charge on any atom is -0.492 e. The van der Waals surface area contributed by atoms with Crippen LogP contribution >= 0.6 is 0 Å². The molecule has 0 spiro atoms. The summed E-state index contributed by atoms with van der Waals surface area (Å²) in [4.78, 5) is 37.5. The van der Waals surface area contributed by atoms with Gasteiger partial charge in [-0.05, 0) is 39.0 Å². The molecule has 11 nitrogen and oxygen atoms in total. The van der Waals surface area contributed by atoms with Crippen LogP contribution in [0.4, 0.5) is 31.9 Å². The zero-order chi connectivity index (χ0) is 28.9. The Morgan fingerprint density at radius 1 is 1.08 bits per heavy atom. The molecule has 5 N–H and O–H groups in total. The topological polar surface area (TPSA) is 148 Å². The van der Waals surface area contributed by atoms with Crippen molar-refractivity contribution in [3.05, 3.63) is 40.7 Å². The highest BCUT2D eigenvalue weighted by molar-refractivity contribution is 6.12. The highest BCUT2D eigenvalue weighted by Crippen LogP contribution is 2.35. The third kappa shape index (κ3) is 6.57. The average Bonchev–Trinajstić information content (AvgIpc) is 2.87. The van der Waals surface area contributed by atoms with Crippen molar-refractivity contribution < 1.29 is 24.9 Å². The van der Waals surface area contributed by atoms with Crippen LogP contribution in [0.15, 0.2) is 28.2 Å². The fourth-order valence-electron chi connectivity index (χ4n) is 4.21. The van der Waals surface area contributed by atoms with Gasteiger partial charge in [0.05, 0.1) is 29.7 Å². The molecule has 0 aliphatic carbocycles. The molecule has 39 heavy (non-hydrogen) atoms. The van der Waals surface area contributed by atoms with Crippen molar-refractivity contribution in [2.45, 2.75) is 26.4 Å². The highest BCUT2D eigenvalue weighted by atomic mass is 19.1. The molecule has 12 heteroatoms. The van der Waals surface area contributed by atoms with E-state index in [-0.39, 0.29) is 35.9 Å². The van der Waals surface area contributed by atoms with Crippen molar-refractivity contribution in [1.29, 1.82) is 0 Å². The second-order valence-corrected chi connectivity index (χ2v) is 9.92. The standard InChI is InChI=1S/C27H36FN7O4.H2/c1-27(2,3)39-26(37)35-11-9-34(10-12-35)20-8-7-17(23(30)18(20)15-32-5)25(36)33-19-13-16(14-31-4)22(29)21(28)24(19)38-6;/h7-8,13-15H,9-12,29-30H2,1-6H3,(H,33,36);1H. The Hall–Kier alpha value is -4.35. The number of ether oxygens (including phenoxy) is 2. The maximum atomic E-state index is 14.8. The van der Waals surface area contributed by atoms with Gasteiger partial charge < -0.3 is 36.1 Å². The predicted molar refractivity (Wildman–Crippen MR) is 155 cm³/mol. The van der Waals surface area contributed by atoms with Crippen LogP contribution in [0.1, 0.15) is 43.7 Å².